The van der Waals surface area contributed by atoms with Gasteiger partial charge in [0, 0.05) is 13.1 Å². The van der Waals surface area contributed by atoms with Crippen LogP contribution in [0.3, 0.4) is 0 Å². The van der Waals surface area contributed by atoms with Crippen molar-refractivity contribution in [1.82, 2.24) is 16.2 Å². The number of unbranched alkanes of at least 4 members (excludes halogenated alkanes) is 1. The predicted molar refractivity (Wildman–Crippen MR) is 151 cm³/mol. The quantitative estimate of drug-likeness (QED) is 0.167. The maximum absolute atomic E-state index is 11.9. The summed E-state index contributed by atoms with van der Waals surface area (Å²) in [4.78, 5) is 11.9. The molecule has 5 N–H and O–H groups in total. The zero-order chi connectivity index (χ0) is 26.7. The molecule has 1 aromatic rings. The highest BCUT2D eigenvalue weighted by Gasteiger charge is 2.14. The molecule has 0 saturated carbocycles. The van der Waals surface area contributed by atoms with Crippen LogP contribution in [-0.4, -0.2) is 19.0 Å². The number of nitrogens with two attached hydrogens (primary N) is 1. The van der Waals surface area contributed by atoms with E-state index in [1.165, 1.54) is 27.8 Å². The second-order valence-electron chi connectivity index (χ2n) is 8.49. The van der Waals surface area contributed by atoms with Gasteiger partial charge in [-0.1, -0.05) is 76.8 Å². The van der Waals surface area contributed by atoms with E-state index >= 15 is 0 Å². The number of rotatable bonds is 11. The Labute approximate surface area is 211 Å². The van der Waals surface area contributed by atoms with E-state index in [1.807, 2.05) is 27.7 Å². The molecule has 0 aliphatic heterocycles. The van der Waals surface area contributed by atoms with Gasteiger partial charge in [-0.2, -0.15) is 0 Å². The lowest BCUT2D eigenvalue weighted by molar-refractivity contribution is -0.118. The fraction of sp³-hybridized carbons (Fsp3) is 0.621. The molecule has 1 unspecified atom stereocenters. The molecule has 0 radical (unpaired) electrons. The average Bonchev–Trinajstić information content (AvgIpc) is 2.79. The summed E-state index contributed by atoms with van der Waals surface area (Å²) in [5.74, 6) is 0.298. The molecular formula is C29H54N4O. The number of hydrazine groups is 1. The number of aryl methyl sites for hydroxylation is 3. The van der Waals surface area contributed by atoms with Crippen LogP contribution < -0.4 is 21.9 Å². The average molecular weight is 475 g/mol. The summed E-state index contributed by atoms with van der Waals surface area (Å²) in [5, 5.41) is 2.96. The van der Waals surface area contributed by atoms with Crippen LogP contribution in [0.15, 0.2) is 35.2 Å². The molecular weight excluding hydrogens is 420 g/mol. The van der Waals surface area contributed by atoms with E-state index in [-0.39, 0.29) is 11.9 Å². The third kappa shape index (κ3) is 13.4. The first-order chi connectivity index (χ1) is 16.1. The van der Waals surface area contributed by atoms with Gasteiger partial charge < -0.3 is 16.5 Å². The molecule has 0 heterocycles. The predicted octanol–water partition coefficient (Wildman–Crippen LogP) is 6.52. The Hall–Kier alpha value is -2.27. The highest BCUT2D eigenvalue weighted by molar-refractivity contribution is 5.94. The van der Waals surface area contributed by atoms with E-state index in [9.17, 15) is 4.79 Å². The summed E-state index contributed by atoms with van der Waals surface area (Å²) in [5.41, 5.74) is 19.1. The lowest BCUT2D eigenvalue weighted by atomic mass is 9.93. The van der Waals surface area contributed by atoms with Crippen molar-refractivity contribution in [3.8, 4) is 0 Å². The standard InChI is InChI=1S/C15H22.C12H26N4O.C2H6/c1-6-14(7-2)10-15-12(4)8-11(3)9-13(15)5;1-5-7-8-9(3)15-12(17)10(6-2)11(13)16-14-4;1-2/h6,8-9H,7,10H2,1-5H3;9,14,16H,5-8,13H2,1-4H3,(H,15,17);1-2H3/b14-6-;11-10+;. The van der Waals surface area contributed by atoms with Gasteiger partial charge in [-0.25, -0.2) is 5.43 Å². The summed E-state index contributed by atoms with van der Waals surface area (Å²) in [6.07, 6.45) is 8.38. The zero-order valence-corrected chi connectivity index (χ0v) is 24.0. The minimum Gasteiger partial charge on any atom is -0.384 e. The lowest BCUT2D eigenvalue weighted by Crippen LogP contribution is -2.38. The number of carbonyl (C=O) groups excluding carboxylic acids is 1. The van der Waals surface area contributed by atoms with Crippen molar-refractivity contribution in [2.45, 2.75) is 114 Å². The van der Waals surface area contributed by atoms with Crippen LogP contribution >= 0.6 is 0 Å². The van der Waals surface area contributed by atoms with Crippen molar-refractivity contribution in [3.63, 3.8) is 0 Å². The van der Waals surface area contributed by atoms with Crippen LogP contribution in [0, 0.1) is 20.8 Å². The third-order valence-electron chi connectivity index (χ3n) is 5.69. The van der Waals surface area contributed by atoms with E-state index < -0.39 is 0 Å². The minimum atomic E-state index is -0.0867. The highest BCUT2D eigenvalue weighted by atomic mass is 16.1. The summed E-state index contributed by atoms with van der Waals surface area (Å²) in [6.45, 7) is 21.0. The summed E-state index contributed by atoms with van der Waals surface area (Å²) in [6, 6.07) is 4.75. The van der Waals surface area contributed by atoms with Crippen molar-refractivity contribution in [2.24, 2.45) is 5.73 Å². The smallest absolute Gasteiger partial charge is 0.251 e. The van der Waals surface area contributed by atoms with Crippen LogP contribution in [0.1, 0.15) is 103 Å². The van der Waals surface area contributed by atoms with Gasteiger partial charge in [-0.15, -0.1) is 0 Å². The summed E-state index contributed by atoms with van der Waals surface area (Å²) in [7, 11) is 1.71. The van der Waals surface area contributed by atoms with Crippen molar-refractivity contribution in [3.05, 3.63) is 57.4 Å². The van der Waals surface area contributed by atoms with Gasteiger partial charge in [0.15, 0.2) is 0 Å². The maximum Gasteiger partial charge on any atom is 0.251 e. The number of allylic oxidation sites excluding steroid dienone is 2. The van der Waals surface area contributed by atoms with Gasteiger partial charge in [-0.05, 0) is 77.0 Å². The molecule has 0 aromatic heterocycles. The third-order valence-corrected chi connectivity index (χ3v) is 5.69. The van der Waals surface area contributed by atoms with Crippen molar-refractivity contribution < 1.29 is 4.79 Å². The number of carbonyl (C=O) groups is 1. The number of nitrogens with one attached hydrogen (secondary N) is 3. The molecule has 34 heavy (non-hydrogen) atoms. The lowest BCUT2D eigenvalue weighted by Gasteiger charge is -2.16. The normalized spacial score (nSPS) is 12.4. The number of hydrogen-bond donors (Lipinski definition) is 4. The van der Waals surface area contributed by atoms with E-state index in [0.717, 1.165) is 32.1 Å². The molecule has 5 nitrogen and oxygen atoms in total. The van der Waals surface area contributed by atoms with Gasteiger partial charge in [0.05, 0.1) is 5.57 Å². The molecule has 0 bridgehead atoms. The first-order valence-corrected chi connectivity index (χ1v) is 13.1. The molecule has 1 atom stereocenters. The van der Waals surface area contributed by atoms with Crippen molar-refractivity contribution in [2.75, 3.05) is 7.05 Å². The maximum atomic E-state index is 11.9. The first kappa shape index (κ1) is 33.9. The molecule has 5 heteroatoms. The number of hydrogen-bond acceptors (Lipinski definition) is 4. The molecule has 0 aliphatic rings. The van der Waals surface area contributed by atoms with E-state index in [0.29, 0.717) is 17.8 Å². The van der Waals surface area contributed by atoms with Gasteiger partial charge >= 0.3 is 0 Å². The molecule has 0 spiro atoms. The second kappa shape index (κ2) is 20.1. The van der Waals surface area contributed by atoms with Crippen LogP contribution in [0.25, 0.3) is 0 Å². The number of amides is 1. The van der Waals surface area contributed by atoms with E-state index in [1.54, 1.807) is 7.05 Å². The zero-order valence-electron chi connectivity index (χ0n) is 24.0. The Morgan fingerprint density at radius 1 is 1.06 bits per heavy atom. The fourth-order valence-electron chi connectivity index (χ4n) is 3.72. The fourth-order valence-corrected chi connectivity index (χ4v) is 3.72. The molecule has 196 valence electrons. The van der Waals surface area contributed by atoms with E-state index in [2.05, 4.69) is 75.9 Å². The minimum absolute atomic E-state index is 0.0867. The molecule has 1 rings (SSSR count). The Morgan fingerprint density at radius 3 is 2.03 bits per heavy atom. The Kier molecular flexibility index (Phi) is 20.1. The van der Waals surface area contributed by atoms with Gasteiger partial charge in [0.1, 0.15) is 5.82 Å². The highest BCUT2D eigenvalue weighted by Crippen LogP contribution is 2.20. The van der Waals surface area contributed by atoms with Gasteiger partial charge in [0.2, 0.25) is 0 Å². The van der Waals surface area contributed by atoms with Gasteiger partial charge in [-0.3, -0.25) is 4.79 Å². The van der Waals surface area contributed by atoms with Crippen LogP contribution in [0.5, 0.6) is 0 Å². The molecule has 0 saturated heterocycles. The SMILES string of the molecule is C/C=C(/CC)Cc1c(C)cc(C)cc1C.CC.CCCCC(C)NC(=O)/C(CC)=C(\N)NNC. The largest absolute Gasteiger partial charge is 0.384 e. The van der Waals surface area contributed by atoms with Crippen molar-refractivity contribution >= 4 is 5.91 Å². The van der Waals surface area contributed by atoms with Gasteiger partial charge in [0.25, 0.3) is 5.91 Å². The molecule has 1 aromatic carbocycles. The molecule has 0 aliphatic carbocycles. The Bertz CT molecular complexity index is 742. The Morgan fingerprint density at radius 2 is 1.62 bits per heavy atom. The number of benzene rings is 1. The second-order valence-corrected chi connectivity index (χ2v) is 8.49. The van der Waals surface area contributed by atoms with Crippen LogP contribution in [0.2, 0.25) is 0 Å². The Balaban J connectivity index is 0. The topological polar surface area (TPSA) is 79.2 Å². The molecule has 0 fully saturated rings. The first-order valence-electron chi connectivity index (χ1n) is 13.1. The van der Waals surface area contributed by atoms with Crippen LogP contribution in [0.4, 0.5) is 0 Å². The summed E-state index contributed by atoms with van der Waals surface area (Å²) >= 11 is 0. The van der Waals surface area contributed by atoms with E-state index in [4.69, 9.17) is 5.73 Å². The summed E-state index contributed by atoms with van der Waals surface area (Å²) < 4.78 is 0. The van der Waals surface area contributed by atoms with Crippen LogP contribution in [-0.2, 0) is 11.2 Å². The van der Waals surface area contributed by atoms with Crippen molar-refractivity contribution in [1.29, 1.82) is 0 Å². The molecule has 1 amide bonds. The monoisotopic (exact) mass is 474 g/mol.